The summed E-state index contributed by atoms with van der Waals surface area (Å²) < 4.78 is 0. The molecule has 0 amide bonds. The number of aryl methyl sites for hydroxylation is 2. The first-order valence-corrected chi connectivity index (χ1v) is 7.85. The molecule has 2 aromatic rings. The average Bonchev–Trinajstić information content (AvgIpc) is 2.85. The van der Waals surface area contributed by atoms with E-state index in [0.29, 0.717) is 0 Å². The van der Waals surface area contributed by atoms with Gasteiger partial charge in [-0.05, 0) is 43.0 Å². The monoisotopic (exact) mass is 279 g/mol. The van der Waals surface area contributed by atoms with Crippen molar-refractivity contribution in [3.8, 4) is 0 Å². The molecule has 0 aliphatic carbocycles. The molecule has 0 aliphatic heterocycles. The average molecular weight is 279 g/mol. The Morgan fingerprint density at radius 1 is 1.06 bits per heavy atom. The topological polar surface area (TPSA) is 26.0 Å². The number of nitrogens with two attached hydrogens (primary N) is 1. The van der Waals surface area contributed by atoms with Crippen molar-refractivity contribution in [3.05, 3.63) is 43.3 Å². The molecule has 2 N–H and O–H groups in total. The van der Waals surface area contributed by atoms with Crippen LogP contribution in [0, 0.1) is 13.8 Å². The summed E-state index contributed by atoms with van der Waals surface area (Å²) in [4.78, 5) is 5.31. The fourth-order valence-corrected chi connectivity index (χ4v) is 4.04. The van der Waals surface area contributed by atoms with Crippen molar-refractivity contribution in [3.63, 3.8) is 0 Å². The van der Waals surface area contributed by atoms with Crippen LogP contribution < -0.4 is 5.73 Å². The number of hydrogen-bond acceptors (Lipinski definition) is 3. The van der Waals surface area contributed by atoms with Crippen molar-refractivity contribution in [2.24, 2.45) is 5.73 Å². The van der Waals surface area contributed by atoms with Gasteiger partial charge in [0.2, 0.25) is 0 Å². The summed E-state index contributed by atoms with van der Waals surface area (Å²) in [5.74, 6) is 0. The van der Waals surface area contributed by atoms with Gasteiger partial charge in [-0.15, -0.1) is 22.7 Å². The van der Waals surface area contributed by atoms with E-state index in [0.717, 1.165) is 0 Å². The predicted molar refractivity (Wildman–Crippen MR) is 82.8 cm³/mol. The van der Waals surface area contributed by atoms with Crippen LogP contribution in [0.4, 0.5) is 0 Å². The van der Waals surface area contributed by atoms with Gasteiger partial charge in [0, 0.05) is 19.5 Å². The van der Waals surface area contributed by atoms with Gasteiger partial charge in [0.15, 0.2) is 0 Å². The summed E-state index contributed by atoms with van der Waals surface area (Å²) in [7, 11) is 0. The zero-order valence-electron chi connectivity index (χ0n) is 11.7. The predicted octanol–water partition coefficient (Wildman–Crippen LogP) is 4.77. The molecule has 0 saturated heterocycles. The molecular weight excluding hydrogens is 258 g/mol. The fraction of sp³-hybridized carbons (Fsp3) is 0.467. The van der Waals surface area contributed by atoms with E-state index in [-0.39, 0.29) is 11.5 Å². The van der Waals surface area contributed by atoms with Gasteiger partial charge >= 0.3 is 0 Å². The van der Waals surface area contributed by atoms with E-state index in [1.54, 1.807) is 0 Å². The van der Waals surface area contributed by atoms with E-state index in [1.807, 2.05) is 22.7 Å². The summed E-state index contributed by atoms with van der Waals surface area (Å²) in [6, 6.07) is 6.65. The molecule has 18 heavy (non-hydrogen) atoms. The number of thiophene rings is 2. The van der Waals surface area contributed by atoms with Crippen LogP contribution in [0.25, 0.3) is 0 Å². The Hall–Kier alpha value is -0.640. The number of rotatable bonds is 2. The molecule has 2 aromatic heterocycles. The second-order valence-electron chi connectivity index (χ2n) is 5.82. The van der Waals surface area contributed by atoms with Crippen LogP contribution in [0.5, 0.6) is 0 Å². The standard InChI is InChI=1S/C15H21NS2/c1-9-8-12(17-10(9)2)14(16)11-6-7-13(18-11)15(3,4)5/h6-8,14H,16H2,1-5H3. The summed E-state index contributed by atoms with van der Waals surface area (Å²) in [6.07, 6.45) is 0. The van der Waals surface area contributed by atoms with E-state index >= 15 is 0 Å². The van der Waals surface area contributed by atoms with Gasteiger partial charge in [0.05, 0.1) is 6.04 Å². The van der Waals surface area contributed by atoms with Crippen molar-refractivity contribution in [2.45, 2.75) is 46.1 Å². The van der Waals surface area contributed by atoms with Crippen LogP contribution in [0.2, 0.25) is 0 Å². The number of hydrogen-bond donors (Lipinski definition) is 1. The lowest BCUT2D eigenvalue weighted by Crippen LogP contribution is -2.09. The highest BCUT2D eigenvalue weighted by molar-refractivity contribution is 7.13. The van der Waals surface area contributed by atoms with E-state index < -0.39 is 0 Å². The van der Waals surface area contributed by atoms with E-state index in [2.05, 4.69) is 52.8 Å². The molecule has 0 saturated carbocycles. The normalized spacial score (nSPS) is 13.9. The highest BCUT2D eigenvalue weighted by Crippen LogP contribution is 2.36. The van der Waals surface area contributed by atoms with Gasteiger partial charge in [-0.3, -0.25) is 0 Å². The lowest BCUT2D eigenvalue weighted by atomic mass is 9.95. The molecule has 98 valence electrons. The van der Waals surface area contributed by atoms with Crippen LogP contribution in [0.3, 0.4) is 0 Å². The molecule has 0 bridgehead atoms. The molecule has 0 aromatic carbocycles. The largest absolute Gasteiger partial charge is 0.319 e. The van der Waals surface area contributed by atoms with Crippen LogP contribution in [0.15, 0.2) is 18.2 Å². The Bertz CT molecular complexity index is 524. The third kappa shape index (κ3) is 2.68. The Labute approximate surface area is 118 Å². The third-order valence-corrected chi connectivity index (χ3v) is 5.99. The summed E-state index contributed by atoms with van der Waals surface area (Å²) in [5.41, 5.74) is 7.93. The van der Waals surface area contributed by atoms with Crippen molar-refractivity contribution >= 4 is 22.7 Å². The van der Waals surface area contributed by atoms with Crippen LogP contribution in [0.1, 0.15) is 51.9 Å². The minimum atomic E-state index is 0.0310. The summed E-state index contributed by atoms with van der Waals surface area (Å²) in [6.45, 7) is 11.0. The van der Waals surface area contributed by atoms with E-state index in [9.17, 15) is 0 Å². The van der Waals surface area contributed by atoms with Crippen molar-refractivity contribution < 1.29 is 0 Å². The first kappa shape index (κ1) is 13.8. The fourth-order valence-electron chi connectivity index (χ4n) is 1.82. The zero-order chi connectivity index (χ0) is 13.5. The smallest absolute Gasteiger partial charge is 0.0740 e. The van der Waals surface area contributed by atoms with E-state index in [4.69, 9.17) is 5.73 Å². The molecule has 2 rings (SSSR count). The maximum absolute atomic E-state index is 6.38. The van der Waals surface area contributed by atoms with Gasteiger partial charge in [0.1, 0.15) is 0 Å². The third-order valence-electron chi connectivity index (χ3n) is 3.16. The first-order valence-electron chi connectivity index (χ1n) is 6.22. The van der Waals surface area contributed by atoms with Gasteiger partial charge in [-0.25, -0.2) is 0 Å². The molecule has 1 atom stereocenters. The van der Waals surface area contributed by atoms with Gasteiger partial charge in [-0.2, -0.15) is 0 Å². The lowest BCUT2D eigenvalue weighted by Gasteiger charge is -2.15. The van der Waals surface area contributed by atoms with Crippen molar-refractivity contribution in [2.75, 3.05) is 0 Å². The maximum Gasteiger partial charge on any atom is 0.0740 e. The molecule has 0 aliphatic rings. The van der Waals surface area contributed by atoms with Gasteiger partial charge in [0.25, 0.3) is 0 Å². The Morgan fingerprint density at radius 2 is 1.72 bits per heavy atom. The van der Waals surface area contributed by atoms with Gasteiger partial charge in [-0.1, -0.05) is 20.8 Å². The van der Waals surface area contributed by atoms with Crippen LogP contribution in [-0.2, 0) is 5.41 Å². The Kier molecular flexibility index (Phi) is 3.67. The Balaban J connectivity index is 2.29. The SMILES string of the molecule is Cc1cc(C(N)c2ccc(C(C)(C)C)s2)sc1C. The molecule has 2 heterocycles. The highest BCUT2D eigenvalue weighted by atomic mass is 32.1. The lowest BCUT2D eigenvalue weighted by molar-refractivity contribution is 0.604. The summed E-state index contributed by atoms with van der Waals surface area (Å²) >= 11 is 3.66. The second kappa shape index (κ2) is 4.80. The van der Waals surface area contributed by atoms with E-state index in [1.165, 1.54) is 25.1 Å². The molecule has 0 spiro atoms. The highest BCUT2D eigenvalue weighted by Gasteiger charge is 2.20. The van der Waals surface area contributed by atoms with Crippen LogP contribution >= 0.6 is 22.7 Å². The molecular formula is C15H21NS2. The zero-order valence-corrected chi connectivity index (χ0v) is 13.3. The second-order valence-corrected chi connectivity index (χ2v) is 8.22. The van der Waals surface area contributed by atoms with Gasteiger partial charge < -0.3 is 5.73 Å². The van der Waals surface area contributed by atoms with Crippen molar-refractivity contribution in [1.29, 1.82) is 0 Å². The summed E-state index contributed by atoms with van der Waals surface area (Å²) in [5, 5.41) is 0. The molecule has 0 fully saturated rings. The maximum atomic E-state index is 6.38. The minimum Gasteiger partial charge on any atom is -0.319 e. The molecule has 0 radical (unpaired) electrons. The van der Waals surface area contributed by atoms with Crippen molar-refractivity contribution in [1.82, 2.24) is 0 Å². The molecule has 1 unspecified atom stereocenters. The minimum absolute atomic E-state index is 0.0310. The van der Waals surface area contributed by atoms with Crippen LogP contribution in [-0.4, -0.2) is 0 Å². The first-order chi connectivity index (χ1) is 8.29. The molecule has 1 nitrogen and oxygen atoms in total. The Morgan fingerprint density at radius 3 is 2.17 bits per heavy atom. The molecule has 3 heteroatoms. The quantitative estimate of drug-likeness (QED) is 0.841.